The quantitative estimate of drug-likeness (QED) is 0.659. The van der Waals surface area contributed by atoms with Crippen LogP contribution in [0.5, 0.6) is 0 Å². The van der Waals surface area contributed by atoms with Gasteiger partial charge in [0.2, 0.25) is 10.0 Å². The molecule has 0 saturated carbocycles. The highest BCUT2D eigenvalue weighted by molar-refractivity contribution is 7.90. The van der Waals surface area contributed by atoms with E-state index in [9.17, 15) is 22.0 Å². The molecule has 0 radical (unpaired) electrons. The molecule has 0 aromatic heterocycles. The van der Waals surface area contributed by atoms with Gasteiger partial charge in [0.15, 0.2) is 5.25 Å². The third-order valence-electron chi connectivity index (χ3n) is 1.25. The number of halogens is 2. The Balaban J connectivity index is 4.33. The molecule has 0 amide bonds. The van der Waals surface area contributed by atoms with Gasteiger partial charge in [-0.05, 0) is 6.92 Å². The summed E-state index contributed by atoms with van der Waals surface area (Å²) in [6.45, 7) is -0.171. The highest BCUT2D eigenvalue weighted by Crippen LogP contribution is 1.99. The van der Waals surface area contributed by atoms with Gasteiger partial charge in [0.25, 0.3) is 6.43 Å². The van der Waals surface area contributed by atoms with Gasteiger partial charge in [0.1, 0.15) is 0 Å². The number of carbonyl (C=O) groups is 1. The molecule has 0 aliphatic rings. The maximum Gasteiger partial charge on any atom is 0.323 e. The van der Waals surface area contributed by atoms with Crippen LogP contribution in [0.25, 0.3) is 0 Å². The fraction of sp³-hybridized carbons (Fsp3) is 0.800. The van der Waals surface area contributed by atoms with Gasteiger partial charge < -0.3 is 5.11 Å². The topological polar surface area (TPSA) is 83.5 Å². The predicted molar refractivity (Wildman–Crippen MR) is 40.0 cm³/mol. The van der Waals surface area contributed by atoms with E-state index in [2.05, 4.69) is 0 Å². The normalized spacial score (nSPS) is 14.5. The maximum absolute atomic E-state index is 11.6. The average molecular weight is 217 g/mol. The lowest BCUT2D eigenvalue weighted by molar-refractivity contribution is -0.136. The van der Waals surface area contributed by atoms with E-state index < -0.39 is 34.2 Å². The van der Waals surface area contributed by atoms with Gasteiger partial charge in [-0.1, -0.05) is 0 Å². The third-order valence-corrected chi connectivity index (χ3v) is 2.95. The molecule has 0 aromatic carbocycles. The second-order valence-corrected chi connectivity index (χ2v) is 4.35. The van der Waals surface area contributed by atoms with Crippen molar-refractivity contribution in [2.75, 3.05) is 6.54 Å². The zero-order valence-electron chi connectivity index (χ0n) is 6.70. The zero-order valence-corrected chi connectivity index (χ0v) is 7.51. The second-order valence-electron chi connectivity index (χ2n) is 2.27. The number of hydrogen-bond acceptors (Lipinski definition) is 3. The molecule has 0 heterocycles. The number of aliphatic carboxylic acids is 1. The standard InChI is InChI=1S/C5H9F2NO4S/c1-3(5(9)10)13(11,12)8-2-4(6)7/h3-4,8H,2H2,1H3,(H,9,10). The van der Waals surface area contributed by atoms with Crippen molar-refractivity contribution in [3.05, 3.63) is 0 Å². The van der Waals surface area contributed by atoms with Gasteiger partial charge in [-0.25, -0.2) is 21.9 Å². The van der Waals surface area contributed by atoms with Crippen LogP contribution in [0.15, 0.2) is 0 Å². The van der Waals surface area contributed by atoms with E-state index in [-0.39, 0.29) is 0 Å². The van der Waals surface area contributed by atoms with Crippen LogP contribution in [0.3, 0.4) is 0 Å². The van der Waals surface area contributed by atoms with Crippen LogP contribution >= 0.6 is 0 Å². The van der Waals surface area contributed by atoms with Gasteiger partial charge in [-0.2, -0.15) is 0 Å². The van der Waals surface area contributed by atoms with E-state index in [1.54, 1.807) is 0 Å². The summed E-state index contributed by atoms with van der Waals surface area (Å²) in [4.78, 5) is 10.2. The fourth-order valence-corrected chi connectivity index (χ4v) is 1.31. The Morgan fingerprint density at radius 3 is 2.31 bits per heavy atom. The molecule has 0 aliphatic heterocycles. The first-order valence-electron chi connectivity index (χ1n) is 3.27. The summed E-state index contributed by atoms with van der Waals surface area (Å²) >= 11 is 0. The average Bonchev–Trinajstić information content (AvgIpc) is 1.99. The Morgan fingerprint density at radius 2 is 2.00 bits per heavy atom. The van der Waals surface area contributed by atoms with E-state index in [1.165, 1.54) is 4.72 Å². The van der Waals surface area contributed by atoms with Crippen molar-refractivity contribution >= 4 is 16.0 Å². The van der Waals surface area contributed by atoms with E-state index in [0.29, 0.717) is 0 Å². The molecule has 0 aromatic rings. The molecule has 8 heteroatoms. The molecule has 13 heavy (non-hydrogen) atoms. The smallest absolute Gasteiger partial charge is 0.323 e. The number of carboxylic acid groups (broad SMARTS) is 1. The first-order valence-corrected chi connectivity index (χ1v) is 4.81. The van der Waals surface area contributed by atoms with Crippen molar-refractivity contribution in [3.63, 3.8) is 0 Å². The predicted octanol–water partition coefficient (Wildman–Crippen LogP) is -0.356. The Labute approximate surface area is 73.8 Å². The Hall–Kier alpha value is -0.760. The first-order chi connectivity index (χ1) is 5.77. The molecular formula is C5H9F2NO4S. The summed E-state index contributed by atoms with van der Waals surface area (Å²) in [6, 6.07) is 0. The largest absolute Gasteiger partial charge is 0.480 e. The monoisotopic (exact) mass is 217 g/mol. The summed E-state index contributed by atoms with van der Waals surface area (Å²) in [5, 5.41) is 6.55. The van der Waals surface area contributed by atoms with Crippen LogP contribution < -0.4 is 4.72 Å². The number of carboxylic acids is 1. The van der Waals surface area contributed by atoms with Crippen molar-refractivity contribution in [2.45, 2.75) is 18.6 Å². The molecule has 1 atom stereocenters. The van der Waals surface area contributed by atoms with Crippen molar-refractivity contribution in [1.82, 2.24) is 4.72 Å². The summed E-state index contributed by atoms with van der Waals surface area (Å²) in [5.74, 6) is -1.58. The molecule has 5 nitrogen and oxygen atoms in total. The van der Waals surface area contributed by atoms with Gasteiger partial charge >= 0.3 is 5.97 Å². The lowest BCUT2D eigenvalue weighted by atomic mass is 10.5. The minimum absolute atomic E-state index is 0.899. The first kappa shape index (κ1) is 12.2. The van der Waals surface area contributed by atoms with Crippen LogP contribution in [0, 0.1) is 0 Å². The van der Waals surface area contributed by atoms with Crippen LogP contribution in [0.1, 0.15) is 6.92 Å². The lowest BCUT2D eigenvalue weighted by Gasteiger charge is -2.08. The zero-order chi connectivity index (χ0) is 10.6. The molecule has 0 rings (SSSR count). The summed E-state index contributed by atoms with van der Waals surface area (Å²) < 4.78 is 46.3. The van der Waals surface area contributed by atoms with E-state index in [0.717, 1.165) is 6.92 Å². The van der Waals surface area contributed by atoms with E-state index in [4.69, 9.17) is 5.11 Å². The van der Waals surface area contributed by atoms with E-state index >= 15 is 0 Å². The number of nitrogens with one attached hydrogen (secondary N) is 1. The number of sulfonamides is 1. The summed E-state index contributed by atoms with van der Waals surface area (Å²) in [5.41, 5.74) is 0. The van der Waals surface area contributed by atoms with E-state index in [1.807, 2.05) is 0 Å². The minimum Gasteiger partial charge on any atom is -0.480 e. The highest BCUT2D eigenvalue weighted by Gasteiger charge is 2.27. The lowest BCUT2D eigenvalue weighted by Crippen LogP contribution is -2.39. The Kier molecular flexibility index (Phi) is 4.21. The van der Waals surface area contributed by atoms with Crippen molar-refractivity contribution < 1.29 is 27.1 Å². The summed E-state index contributed by atoms with van der Waals surface area (Å²) in [6.07, 6.45) is -2.84. The molecule has 1 unspecified atom stereocenters. The number of hydrogen-bond donors (Lipinski definition) is 2. The van der Waals surface area contributed by atoms with Gasteiger partial charge in [0.05, 0.1) is 6.54 Å². The maximum atomic E-state index is 11.6. The fourth-order valence-electron chi connectivity index (χ4n) is 0.437. The highest BCUT2D eigenvalue weighted by atomic mass is 32.2. The molecule has 78 valence electrons. The van der Waals surface area contributed by atoms with Gasteiger partial charge in [0, 0.05) is 0 Å². The molecule has 0 spiro atoms. The molecule has 0 aliphatic carbocycles. The second kappa shape index (κ2) is 4.47. The summed E-state index contributed by atoms with van der Waals surface area (Å²) in [7, 11) is -4.18. The van der Waals surface area contributed by atoms with Crippen LogP contribution in [-0.4, -0.2) is 37.7 Å². The Morgan fingerprint density at radius 1 is 1.54 bits per heavy atom. The molecule has 0 bridgehead atoms. The van der Waals surface area contributed by atoms with Crippen LogP contribution in [-0.2, 0) is 14.8 Å². The number of alkyl halides is 2. The number of rotatable bonds is 5. The van der Waals surface area contributed by atoms with Gasteiger partial charge in [-0.3, -0.25) is 4.79 Å². The van der Waals surface area contributed by atoms with Crippen LogP contribution in [0.4, 0.5) is 8.78 Å². The molecule has 0 saturated heterocycles. The SMILES string of the molecule is CC(C(=O)O)S(=O)(=O)NCC(F)F. The molecule has 0 fully saturated rings. The molecular weight excluding hydrogens is 208 g/mol. The third kappa shape index (κ3) is 4.13. The van der Waals surface area contributed by atoms with Crippen molar-refractivity contribution in [1.29, 1.82) is 0 Å². The van der Waals surface area contributed by atoms with Gasteiger partial charge in [-0.15, -0.1) is 0 Å². The van der Waals surface area contributed by atoms with Crippen molar-refractivity contribution in [3.8, 4) is 0 Å². The minimum atomic E-state index is -4.18. The Bertz CT molecular complexity index is 276. The molecule has 2 N–H and O–H groups in total. The van der Waals surface area contributed by atoms with Crippen LogP contribution in [0.2, 0.25) is 0 Å². The van der Waals surface area contributed by atoms with Crippen molar-refractivity contribution in [2.24, 2.45) is 0 Å².